The second-order valence-electron chi connectivity index (χ2n) is 7.63. The number of carbonyl (C=O) groups excluding carboxylic acids is 5. The maximum atomic E-state index is 12.3. The maximum absolute atomic E-state index is 12.3. The van der Waals surface area contributed by atoms with Gasteiger partial charge in [-0.15, -0.1) is 0 Å². The number of nitrogens with zero attached hydrogens (tertiary/aromatic N) is 1. The maximum Gasteiger partial charge on any atom is 0.311 e. The van der Waals surface area contributed by atoms with E-state index in [4.69, 9.17) is 4.74 Å². The van der Waals surface area contributed by atoms with Crippen molar-refractivity contribution in [3.63, 3.8) is 0 Å². The van der Waals surface area contributed by atoms with Crippen molar-refractivity contribution in [1.29, 1.82) is 0 Å². The Hall–Kier alpha value is -4.21. The standard InChI is InChI=1S/C23H24N4O6/c1-14-3-5-16(6-4-14)22(31)26-27-12-17(11-21(27)30)23(32)33-13-20(29)25-19-9-7-18(8-10-19)24-15(2)28/h3-10,17H,11-13H2,1-2H3,(H,24,28)(H,25,29)(H,26,31)/t17-/m0/s1. The van der Waals surface area contributed by atoms with Crippen molar-refractivity contribution in [2.24, 2.45) is 5.92 Å². The van der Waals surface area contributed by atoms with E-state index in [2.05, 4.69) is 16.1 Å². The smallest absolute Gasteiger partial charge is 0.311 e. The summed E-state index contributed by atoms with van der Waals surface area (Å²) in [4.78, 5) is 59.9. The van der Waals surface area contributed by atoms with Gasteiger partial charge in [0.25, 0.3) is 11.8 Å². The Balaban J connectivity index is 1.45. The Kier molecular flexibility index (Phi) is 7.39. The lowest BCUT2D eigenvalue weighted by Crippen LogP contribution is -2.43. The molecule has 2 aromatic carbocycles. The van der Waals surface area contributed by atoms with Gasteiger partial charge in [-0.05, 0) is 43.3 Å². The summed E-state index contributed by atoms with van der Waals surface area (Å²) in [6.45, 7) is 2.72. The number of amides is 4. The average molecular weight is 452 g/mol. The molecular weight excluding hydrogens is 428 g/mol. The predicted molar refractivity (Wildman–Crippen MR) is 119 cm³/mol. The van der Waals surface area contributed by atoms with Gasteiger partial charge in [0.2, 0.25) is 11.8 Å². The van der Waals surface area contributed by atoms with E-state index in [-0.39, 0.29) is 18.9 Å². The monoisotopic (exact) mass is 452 g/mol. The molecule has 0 spiro atoms. The van der Waals surface area contributed by atoms with Crippen LogP contribution in [-0.4, -0.2) is 47.8 Å². The van der Waals surface area contributed by atoms with E-state index in [1.807, 2.05) is 6.92 Å². The first kappa shape index (κ1) is 23.5. The molecule has 33 heavy (non-hydrogen) atoms. The molecule has 1 fully saturated rings. The molecule has 1 aliphatic rings. The molecule has 10 nitrogen and oxygen atoms in total. The van der Waals surface area contributed by atoms with Gasteiger partial charge in [-0.25, -0.2) is 0 Å². The lowest BCUT2D eigenvalue weighted by Gasteiger charge is -2.17. The molecule has 4 amide bonds. The molecule has 2 aromatic rings. The molecule has 1 aliphatic heterocycles. The number of ether oxygens (including phenoxy) is 1. The van der Waals surface area contributed by atoms with Crippen molar-refractivity contribution in [3.8, 4) is 0 Å². The molecule has 3 N–H and O–H groups in total. The number of benzene rings is 2. The summed E-state index contributed by atoms with van der Waals surface area (Å²) < 4.78 is 5.04. The molecule has 172 valence electrons. The van der Waals surface area contributed by atoms with E-state index in [1.54, 1.807) is 48.5 Å². The molecule has 3 rings (SSSR count). The topological polar surface area (TPSA) is 134 Å². The van der Waals surface area contributed by atoms with Crippen LogP contribution >= 0.6 is 0 Å². The molecule has 0 saturated carbocycles. The third-order valence-electron chi connectivity index (χ3n) is 4.84. The zero-order valence-electron chi connectivity index (χ0n) is 18.2. The highest BCUT2D eigenvalue weighted by atomic mass is 16.5. The Morgan fingerprint density at radius 2 is 1.58 bits per heavy atom. The largest absolute Gasteiger partial charge is 0.455 e. The Bertz CT molecular complexity index is 1070. The molecular formula is C23H24N4O6. The van der Waals surface area contributed by atoms with Crippen LogP contribution in [0.5, 0.6) is 0 Å². The van der Waals surface area contributed by atoms with Gasteiger partial charge < -0.3 is 15.4 Å². The average Bonchev–Trinajstić information content (AvgIpc) is 3.13. The first-order valence-corrected chi connectivity index (χ1v) is 10.2. The third kappa shape index (κ3) is 6.63. The van der Waals surface area contributed by atoms with Gasteiger partial charge >= 0.3 is 5.97 Å². The minimum absolute atomic E-state index is 0.0402. The van der Waals surface area contributed by atoms with E-state index in [0.717, 1.165) is 10.6 Å². The van der Waals surface area contributed by atoms with Crippen LogP contribution < -0.4 is 16.1 Å². The summed E-state index contributed by atoms with van der Waals surface area (Å²) in [6, 6.07) is 13.3. The van der Waals surface area contributed by atoms with Gasteiger partial charge in [0.1, 0.15) is 0 Å². The number of rotatable bonds is 7. The number of aryl methyl sites for hydroxylation is 1. The van der Waals surface area contributed by atoms with Crippen LogP contribution in [-0.2, 0) is 23.9 Å². The van der Waals surface area contributed by atoms with E-state index >= 15 is 0 Å². The minimum Gasteiger partial charge on any atom is -0.455 e. The fourth-order valence-electron chi connectivity index (χ4n) is 3.16. The van der Waals surface area contributed by atoms with Crippen molar-refractivity contribution in [2.75, 3.05) is 23.8 Å². The van der Waals surface area contributed by atoms with Crippen LogP contribution in [0, 0.1) is 12.8 Å². The van der Waals surface area contributed by atoms with E-state index in [9.17, 15) is 24.0 Å². The highest BCUT2D eigenvalue weighted by Gasteiger charge is 2.36. The number of carbonyl (C=O) groups is 5. The summed E-state index contributed by atoms with van der Waals surface area (Å²) in [7, 11) is 0. The SMILES string of the molecule is CC(=O)Nc1ccc(NC(=O)COC(=O)[C@H]2CC(=O)N(NC(=O)c3ccc(C)cc3)C2)cc1. The molecule has 0 radical (unpaired) electrons. The number of hydrogen-bond donors (Lipinski definition) is 3. The summed E-state index contributed by atoms with van der Waals surface area (Å²) in [6.07, 6.45) is -0.126. The van der Waals surface area contributed by atoms with Gasteiger partial charge in [0, 0.05) is 30.3 Å². The number of nitrogens with one attached hydrogen (secondary N) is 3. The third-order valence-corrected chi connectivity index (χ3v) is 4.84. The Morgan fingerprint density at radius 3 is 2.18 bits per heavy atom. The van der Waals surface area contributed by atoms with Gasteiger partial charge in [-0.2, -0.15) is 0 Å². The van der Waals surface area contributed by atoms with Crippen LogP contribution in [0.25, 0.3) is 0 Å². The second-order valence-corrected chi connectivity index (χ2v) is 7.63. The van der Waals surface area contributed by atoms with E-state index in [1.165, 1.54) is 6.92 Å². The lowest BCUT2D eigenvalue weighted by atomic mass is 10.1. The van der Waals surface area contributed by atoms with Crippen molar-refractivity contribution in [3.05, 3.63) is 59.7 Å². The van der Waals surface area contributed by atoms with Gasteiger partial charge in [-0.3, -0.25) is 34.4 Å². The molecule has 0 unspecified atom stereocenters. The van der Waals surface area contributed by atoms with Crippen LogP contribution in [0.15, 0.2) is 48.5 Å². The Morgan fingerprint density at radius 1 is 0.970 bits per heavy atom. The summed E-state index contributed by atoms with van der Waals surface area (Å²) >= 11 is 0. The quantitative estimate of drug-likeness (QED) is 0.547. The summed E-state index contributed by atoms with van der Waals surface area (Å²) in [5, 5.41) is 6.27. The molecule has 10 heteroatoms. The highest BCUT2D eigenvalue weighted by Crippen LogP contribution is 2.18. The van der Waals surface area contributed by atoms with Crippen LogP contribution in [0.1, 0.15) is 29.3 Å². The lowest BCUT2D eigenvalue weighted by molar-refractivity contribution is -0.151. The molecule has 0 aromatic heterocycles. The van der Waals surface area contributed by atoms with E-state index < -0.39 is 36.2 Å². The first-order valence-electron chi connectivity index (χ1n) is 10.2. The predicted octanol–water partition coefficient (Wildman–Crippen LogP) is 1.63. The van der Waals surface area contributed by atoms with Crippen LogP contribution in [0.4, 0.5) is 11.4 Å². The fourth-order valence-corrected chi connectivity index (χ4v) is 3.16. The van der Waals surface area contributed by atoms with Gasteiger partial charge in [0.05, 0.1) is 12.5 Å². The molecule has 1 atom stereocenters. The second kappa shape index (κ2) is 10.4. The molecule has 0 bridgehead atoms. The van der Waals surface area contributed by atoms with Crippen LogP contribution in [0.3, 0.4) is 0 Å². The zero-order chi connectivity index (χ0) is 24.0. The molecule has 0 aliphatic carbocycles. The van der Waals surface area contributed by atoms with Gasteiger partial charge in [0.15, 0.2) is 6.61 Å². The minimum atomic E-state index is -0.791. The number of hydrogen-bond acceptors (Lipinski definition) is 6. The summed E-state index contributed by atoms with van der Waals surface area (Å²) in [5.41, 5.74) is 4.93. The molecule has 1 saturated heterocycles. The Labute approximate surface area is 190 Å². The molecule has 1 heterocycles. The normalized spacial score (nSPS) is 15.0. The number of esters is 1. The fraction of sp³-hybridized carbons (Fsp3) is 0.261. The summed E-state index contributed by atoms with van der Waals surface area (Å²) in [5.74, 6) is -3.13. The van der Waals surface area contributed by atoms with Crippen molar-refractivity contribution >= 4 is 41.0 Å². The van der Waals surface area contributed by atoms with Crippen molar-refractivity contribution in [2.45, 2.75) is 20.3 Å². The van der Waals surface area contributed by atoms with E-state index in [0.29, 0.717) is 16.9 Å². The zero-order valence-corrected chi connectivity index (χ0v) is 18.2. The van der Waals surface area contributed by atoms with Crippen molar-refractivity contribution < 1.29 is 28.7 Å². The van der Waals surface area contributed by atoms with Gasteiger partial charge in [-0.1, -0.05) is 17.7 Å². The number of hydrazine groups is 1. The van der Waals surface area contributed by atoms with Crippen LogP contribution in [0.2, 0.25) is 0 Å². The first-order chi connectivity index (χ1) is 15.7. The highest BCUT2D eigenvalue weighted by molar-refractivity contribution is 5.97. The number of anilines is 2. The van der Waals surface area contributed by atoms with Crippen molar-refractivity contribution in [1.82, 2.24) is 10.4 Å².